The highest BCUT2D eigenvalue weighted by atomic mass is 35.5. The van der Waals surface area contributed by atoms with E-state index in [9.17, 15) is 4.79 Å². The number of nitrogens with zero attached hydrogens (tertiary/aromatic N) is 2. The molecule has 0 aromatic carbocycles. The van der Waals surface area contributed by atoms with Crippen LogP contribution in [0.2, 0.25) is 5.15 Å². The third kappa shape index (κ3) is 1.46. The molecule has 0 fully saturated rings. The zero-order valence-electron chi connectivity index (χ0n) is 9.24. The standard InChI is InChI=1S/C11H11ClN2O2/c1-6-4-7-9(14(6)2)8(11(15)16-3)5-13-10(7)12/h4-5H,1-3H3. The van der Waals surface area contributed by atoms with E-state index >= 15 is 0 Å². The summed E-state index contributed by atoms with van der Waals surface area (Å²) in [6, 6.07) is 1.90. The van der Waals surface area contributed by atoms with Crippen molar-refractivity contribution in [3.8, 4) is 0 Å². The molecule has 2 rings (SSSR count). The maximum absolute atomic E-state index is 11.6. The number of hydrogen-bond acceptors (Lipinski definition) is 3. The highest BCUT2D eigenvalue weighted by Crippen LogP contribution is 2.27. The molecule has 0 atom stereocenters. The fourth-order valence-corrected chi connectivity index (χ4v) is 1.92. The number of hydrogen-bond donors (Lipinski definition) is 0. The molecule has 2 heterocycles. The van der Waals surface area contributed by atoms with Crippen molar-refractivity contribution < 1.29 is 9.53 Å². The fraction of sp³-hybridized carbons (Fsp3) is 0.273. The van der Waals surface area contributed by atoms with Crippen LogP contribution in [-0.4, -0.2) is 22.6 Å². The van der Waals surface area contributed by atoms with Crippen molar-refractivity contribution in [1.29, 1.82) is 0 Å². The SMILES string of the molecule is COC(=O)c1cnc(Cl)c2cc(C)n(C)c12. The van der Waals surface area contributed by atoms with Gasteiger partial charge in [0, 0.05) is 24.3 Å². The number of rotatable bonds is 1. The predicted octanol–water partition coefficient (Wildman–Crippen LogP) is 2.32. The van der Waals surface area contributed by atoms with Gasteiger partial charge in [0.25, 0.3) is 0 Å². The Bertz CT molecular complexity index is 575. The zero-order chi connectivity index (χ0) is 11.9. The lowest BCUT2D eigenvalue weighted by molar-refractivity contribution is 0.0602. The fourth-order valence-electron chi connectivity index (χ4n) is 1.73. The van der Waals surface area contributed by atoms with E-state index in [1.807, 2.05) is 24.6 Å². The minimum absolute atomic E-state index is 0.395. The van der Waals surface area contributed by atoms with Gasteiger partial charge in [-0.2, -0.15) is 0 Å². The lowest BCUT2D eigenvalue weighted by Crippen LogP contribution is -2.05. The number of ether oxygens (including phenoxy) is 1. The van der Waals surface area contributed by atoms with Gasteiger partial charge >= 0.3 is 5.97 Å². The third-order valence-corrected chi connectivity index (χ3v) is 2.96. The van der Waals surface area contributed by atoms with Crippen molar-refractivity contribution in [3.63, 3.8) is 0 Å². The molecule has 0 amide bonds. The molecule has 0 unspecified atom stereocenters. The van der Waals surface area contributed by atoms with Gasteiger partial charge in [0.05, 0.1) is 12.6 Å². The van der Waals surface area contributed by atoms with Crippen LogP contribution in [0.3, 0.4) is 0 Å². The molecule has 0 aliphatic carbocycles. The lowest BCUT2D eigenvalue weighted by atomic mass is 10.2. The van der Waals surface area contributed by atoms with Crippen LogP contribution in [0.5, 0.6) is 0 Å². The minimum atomic E-state index is -0.407. The number of carbonyl (C=O) groups is 1. The molecule has 0 saturated carbocycles. The summed E-state index contributed by atoms with van der Waals surface area (Å²) in [7, 11) is 3.22. The van der Waals surface area contributed by atoms with Gasteiger partial charge in [0.15, 0.2) is 0 Å². The molecular formula is C11H11ClN2O2. The van der Waals surface area contributed by atoms with E-state index in [-0.39, 0.29) is 0 Å². The van der Waals surface area contributed by atoms with E-state index in [2.05, 4.69) is 4.98 Å². The molecule has 0 aliphatic heterocycles. The topological polar surface area (TPSA) is 44.1 Å². The smallest absolute Gasteiger partial charge is 0.341 e. The van der Waals surface area contributed by atoms with Crippen LogP contribution in [0.25, 0.3) is 10.9 Å². The summed E-state index contributed by atoms with van der Waals surface area (Å²) >= 11 is 5.99. The van der Waals surface area contributed by atoms with Crippen molar-refractivity contribution in [3.05, 3.63) is 28.7 Å². The first-order chi connectivity index (χ1) is 7.56. The Hall–Kier alpha value is -1.55. The number of esters is 1. The maximum atomic E-state index is 11.6. The van der Waals surface area contributed by atoms with Gasteiger partial charge < -0.3 is 9.30 Å². The summed E-state index contributed by atoms with van der Waals surface area (Å²) < 4.78 is 6.61. The summed E-state index contributed by atoms with van der Waals surface area (Å²) in [6.07, 6.45) is 1.44. The maximum Gasteiger partial charge on any atom is 0.341 e. The van der Waals surface area contributed by atoms with Crippen molar-refractivity contribution in [2.75, 3.05) is 7.11 Å². The molecule has 4 nitrogen and oxygen atoms in total. The average molecular weight is 239 g/mol. The number of fused-ring (bicyclic) bond motifs is 1. The van der Waals surface area contributed by atoms with Crippen molar-refractivity contribution in [2.45, 2.75) is 6.92 Å². The van der Waals surface area contributed by atoms with Crippen molar-refractivity contribution >= 4 is 28.5 Å². The third-order valence-electron chi connectivity index (χ3n) is 2.66. The van der Waals surface area contributed by atoms with Crippen molar-refractivity contribution in [1.82, 2.24) is 9.55 Å². The molecular weight excluding hydrogens is 228 g/mol. The van der Waals surface area contributed by atoms with E-state index in [1.54, 1.807) is 0 Å². The molecule has 0 aliphatic rings. The Balaban J connectivity index is 2.86. The average Bonchev–Trinajstić information content (AvgIpc) is 2.57. The minimum Gasteiger partial charge on any atom is -0.465 e. The van der Waals surface area contributed by atoms with E-state index in [0.717, 1.165) is 16.6 Å². The van der Waals surface area contributed by atoms with Crippen LogP contribution in [0.15, 0.2) is 12.3 Å². The number of pyridine rings is 1. The normalized spacial score (nSPS) is 10.8. The van der Waals surface area contributed by atoms with Crippen LogP contribution < -0.4 is 0 Å². The Morgan fingerprint density at radius 1 is 1.56 bits per heavy atom. The van der Waals surface area contributed by atoms with Crippen LogP contribution in [-0.2, 0) is 11.8 Å². The van der Waals surface area contributed by atoms with Crippen molar-refractivity contribution in [2.24, 2.45) is 7.05 Å². The molecule has 84 valence electrons. The van der Waals surface area contributed by atoms with Crippen LogP contribution in [0, 0.1) is 6.92 Å². The molecule has 0 spiro atoms. The van der Waals surface area contributed by atoms with E-state index in [0.29, 0.717) is 10.7 Å². The number of carbonyl (C=O) groups excluding carboxylic acids is 1. The second-order valence-electron chi connectivity index (χ2n) is 3.56. The van der Waals surface area contributed by atoms with Gasteiger partial charge in [-0.1, -0.05) is 11.6 Å². The first-order valence-electron chi connectivity index (χ1n) is 4.75. The van der Waals surface area contributed by atoms with E-state index in [1.165, 1.54) is 13.3 Å². The number of aryl methyl sites for hydroxylation is 2. The van der Waals surface area contributed by atoms with Gasteiger partial charge in [-0.3, -0.25) is 0 Å². The second kappa shape index (κ2) is 3.79. The second-order valence-corrected chi connectivity index (χ2v) is 3.92. The largest absolute Gasteiger partial charge is 0.465 e. The van der Waals surface area contributed by atoms with Crippen LogP contribution in [0.1, 0.15) is 16.1 Å². The number of aromatic nitrogens is 2. The molecule has 2 aromatic heterocycles. The summed E-state index contributed by atoms with van der Waals surface area (Å²) in [5, 5.41) is 1.16. The van der Waals surface area contributed by atoms with Crippen LogP contribution in [0.4, 0.5) is 0 Å². The Morgan fingerprint density at radius 3 is 2.88 bits per heavy atom. The van der Waals surface area contributed by atoms with Gasteiger partial charge in [0.2, 0.25) is 0 Å². The summed E-state index contributed by atoms with van der Waals surface area (Å²) in [6.45, 7) is 1.94. The highest BCUT2D eigenvalue weighted by molar-refractivity contribution is 6.34. The van der Waals surface area contributed by atoms with Gasteiger partial charge in [-0.15, -0.1) is 0 Å². The lowest BCUT2D eigenvalue weighted by Gasteiger charge is -2.05. The number of methoxy groups -OCH3 is 1. The molecule has 16 heavy (non-hydrogen) atoms. The Morgan fingerprint density at radius 2 is 2.25 bits per heavy atom. The summed E-state index contributed by atoms with van der Waals surface area (Å²) in [5.41, 5.74) is 2.19. The molecule has 5 heteroatoms. The molecule has 2 aromatic rings. The highest BCUT2D eigenvalue weighted by Gasteiger charge is 2.17. The van der Waals surface area contributed by atoms with E-state index in [4.69, 9.17) is 16.3 Å². The van der Waals surface area contributed by atoms with Gasteiger partial charge in [-0.05, 0) is 13.0 Å². The van der Waals surface area contributed by atoms with E-state index < -0.39 is 5.97 Å². The summed E-state index contributed by atoms with van der Waals surface area (Å²) in [5.74, 6) is -0.407. The molecule has 0 N–H and O–H groups in total. The van der Waals surface area contributed by atoms with Gasteiger partial charge in [0.1, 0.15) is 10.7 Å². The summed E-state index contributed by atoms with van der Waals surface area (Å²) in [4.78, 5) is 15.6. The number of halogens is 1. The first-order valence-corrected chi connectivity index (χ1v) is 5.13. The van der Waals surface area contributed by atoms with Gasteiger partial charge in [-0.25, -0.2) is 9.78 Å². The molecule has 0 radical (unpaired) electrons. The predicted molar refractivity (Wildman–Crippen MR) is 61.8 cm³/mol. The Kier molecular flexibility index (Phi) is 2.59. The van der Waals surface area contributed by atoms with Crippen LogP contribution >= 0.6 is 11.6 Å². The molecule has 0 bridgehead atoms. The molecule has 0 saturated heterocycles. The monoisotopic (exact) mass is 238 g/mol. The Labute approximate surface area is 97.8 Å². The first kappa shape index (κ1) is 11.0. The quantitative estimate of drug-likeness (QED) is 0.566. The zero-order valence-corrected chi connectivity index (χ0v) is 10.00.